The van der Waals surface area contributed by atoms with E-state index in [1.807, 2.05) is 0 Å². The highest BCUT2D eigenvalue weighted by molar-refractivity contribution is 6.32. The normalized spacial score (nSPS) is 12.1. The van der Waals surface area contributed by atoms with Crippen LogP contribution in [0.25, 0.3) is 5.70 Å². The van der Waals surface area contributed by atoms with Gasteiger partial charge in [-0.15, -0.1) is 0 Å². The molecule has 0 aliphatic heterocycles. The average Bonchev–Trinajstić information content (AvgIpc) is 3.26. The second-order valence-electron chi connectivity index (χ2n) is 5.90. The van der Waals surface area contributed by atoms with Gasteiger partial charge in [-0.05, 0) is 19.1 Å². The molecule has 30 heavy (non-hydrogen) atoms. The topological polar surface area (TPSA) is 116 Å². The summed E-state index contributed by atoms with van der Waals surface area (Å²) in [5, 5.41) is 3.75. The molecule has 10 heteroatoms. The number of ether oxygens (including phenoxy) is 1. The van der Waals surface area contributed by atoms with Crippen LogP contribution in [0.5, 0.6) is 0 Å². The lowest BCUT2D eigenvalue weighted by Gasteiger charge is -2.06. The Hall–Kier alpha value is -3.59. The van der Waals surface area contributed by atoms with Crippen molar-refractivity contribution in [1.29, 1.82) is 0 Å². The molecule has 0 spiro atoms. The molecule has 8 nitrogen and oxygen atoms in total. The zero-order chi connectivity index (χ0) is 21.5. The number of carbonyl (C=O) groups is 1. The van der Waals surface area contributed by atoms with Crippen LogP contribution in [0, 0.1) is 5.82 Å². The predicted molar refractivity (Wildman–Crippen MR) is 108 cm³/mol. The van der Waals surface area contributed by atoms with Crippen LogP contribution in [0.3, 0.4) is 0 Å². The van der Waals surface area contributed by atoms with E-state index in [2.05, 4.69) is 20.1 Å². The van der Waals surface area contributed by atoms with Crippen LogP contribution >= 0.6 is 11.6 Å². The second-order valence-corrected chi connectivity index (χ2v) is 6.25. The van der Waals surface area contributed by atoms with Gasteiger partial charge in [-0.3, -0.25) is 4.99 Å². The molecule has 2 aromatic heterocycles. The van der Waals surface area contributed by atoms with E-state index in [-0.39, 0.29) is 41.2 Å². The number of rotatable bonds is 7. The molecule has 0 unspecified atom stereocenters. The summed E-state index contributed by atoms with van der Waals surface area (Å²) in [4.78, 5) is 24.3. The number of hydrogen-bond donors (Lipinski definition) is 1. The van der Waals surface area contributed by atoms with Gasteiger partial charge in [-0.2, -0.15) is 0 Å². The Morgan fingerprint density at radius 2 is 2.17 bits per heavy atom. The molecule has 0 radical (unpaired) electrons. The summed E-state index contributed by atoms with van der Waals surface area (Å²) in [6.45, 7) is 1.92. The lowest BCUT2D eigenvalue weighted by molar-refractivity contribution is 0.0525. The lowest BCUT2D eigenvalue weighted by Crippen LogP contribution is -2.11. The maximum atomic E-state index is 13.9. The van der Waals surface area contributed by atoms with Crippen molar-refractivity contribution in [2.45, 2.75) is 13.5 Å². The van der Waals surface area contributed by atoms with Gasteiger partial charge in [0.05, 0.1) is 24.6 Å². The average molecular weight is 430 g/mol. The number of benzene rings is 1. The Morgan fingerprint density at radius 1 is 1.37 bits per heavy atom. The van der Waals surface area contributed by atoms with Crippen molar-refractivity contribution in [3.63, 3.8) is 0 Å². The van der Waals surface area contributed by atoms with Gasteiger partial charge in [0, 0.05) is 17.8 Å². The molecule has 2 N–H and O–H groups in total. The van der Waals surface area contributed by atoms with Crippen molar-refractivity contribution in [2.24, 2.45) is 10.7 Å². The number of aliphatic imine (C=N–C) groups is 1. The maximum absolute atomic E-state index is 13.9. The van der Waals surface area contributed by atoms with Gasteiger partial charge in [0.1, 0.15) is 28.5 Å². The first-order valence-corrected chi connectivity index (χ1v) is 9.23. The van der Waals surface area contributed by atoms with Gasteiger partial charge in [0.25, 0.3) is 0 Å². The van der Waals surface area contributed by atoms with Crippen molar-refractivity contribution in [3.8, 4) is 0 Å². The van der Waals surface area contributed by atoms with Crippen LogP contribution in [0.15, 0.2) is 58.4 Å². The molecule has 0 atom stereocenters. The monoisotopic (exact) mass is 429 g/mol. The van der Waals surface area contributed by atoms with E-state index in [9.17, 15) is 9.18 Å². The zero-order valence-corrected chi connectivity index (χ0v) is 16.6. The van der Waals surface area contributed by atoms with E-state index in [1.54, 1.807) is 31.2 Å². The Bertz CT molecular complexity index is 1100. The molecule has 0 aliphatic rings. The van der Waals surface area contributed by atoms with Gasteiger partial charge in [0.2, 0.25) is 0 Å². The SMILES string of the molecule is CCOC(=O)c1cnc(C(N)=CC(=NCc2ccccc2F)c2ccon2)nc1Cl. The number of halogens is 2. The van der Waals surface area contributed by atoms with Gasteiger partial charge in [-0.1, -0.05) is 35.0 Å². The summed E-state index contributed by atoms with van der Waals surface area (Å²) in [5.41, 5.74) is 7.37. The Morgan fingerprint density at radius 3 is 2.83 bits per heavy atom. The van der Waals surface area contributed by atoms with Gasteiger partial charge in [0.15, 0.2) is 5.82 Å². The van der Waals surface area contributed by atoms with Crippen LogP contribution in [0.1, 0.15) is 34.4 Å². The van der Waals surface area contributed by atoms with Gasteiger partial charge < -0.3 is 15.0 Å². The number of nitrogens with zero attached hydrogens (tertiary/aromatic N) is 4. The first-order valence-electron chi connectivity index (χ1n) is 8.85. The summed E-state index contributed by atoms with van der Waals surface area (Å²) < 4.78 is 23.6. The standard InChI is InChI=1S/C20H17ClFN5O3/c1-2-29-20(28)13-11-25-19(26-18(13)21)15(23)9-17(16-7-8-30-27-16)24-10-12-5-3-4-6-14(12)22/h3-9,11H,2,10,23H2,1H3. The molecule has 3 aromatic rings. The summed E-state index contributed by atoms with van der Waals surface area (Å²) in [7, 11) is 0. The third-order valence-corrected chi connectivity index (χ3v) is 4.15. The molecule has 0 fully saturated rings. The first kappa shape index (κ1) is 21.1. The number of hydrogen-bond acceptors (Lipinski definition) is 8. The largest absolute Gasteiger partial charge is 0.462 e. The fraction of sp³-hybridized carbons (Fsp3) is 0.150. The van der Waals surface area contributed by atoms with Crippen molar-refractivity contribution in [1.82, 2.24) is 15.1 Å². The minimum atomic E-state index is -0.633. The molecule has 1 aromatic carbocycles. The molecule has 2 heterocycles. The maximum Gasteiger partial charge on any atom is 0.342 e. The highest BCUT2D eigenvalue weighted by Gasteiger charge is 2.16. The van der Waals surface area contributed by atoms with E-state index < -0.39 is 5.97 Å². The van der Waals surface area contributed by atoms with Crippen LogP contribution < -0.4 is 5.73 Å². The number of nitrogens with two attached hydrogens (primary N) is 1. The first-order chi connectivity index (χ1) is 14.5. The van der Waals surface area contributed by atoms with Crippen LogP contribution in [-0.4, -0.2) is 33.4 Å². The van der Waals surface area contributed by atoms with E-state index >= 15 is 0 Å². The minimum absolute atomic E-state index is 0.0278. The number of allylic oxidation sites excluding steroid dienone is 1. The van der Waals surface area contributed by atoms with E-state index in [1.165, 1.54) is 24.6 Å². The van der Waals surface area contributed by atoms with Crippen LogP contribution in [-0.2, 0) is 11.3 Å². The highest BCUT2D eigenvalue weighted by atomic mass is 35.5. The summed E-state index contributed by atoms with van der Waals surface area (Å²) in [6.07, 6.45) is 4.07. The molecular formula is C20H17ClFN5O3. The second kappa shape index (κ2) is 9.75. The molecule has 154 valence electrons. The predicted octanol–water partition coefficient (Wildman–Crippen LogP) is 3.42. The molecule has 0 saturated carbocycles. The number of carbonyl (C=O) groups excluding carboxylic acids is 1. The Balaban J connectivity index is 1.91. The van der Waals surface area contributed by atoms with Crippen molar-refractivity contribution >= 4 is 29.0 Å². The van der Waals surface area contributed by atoms with Crippen LogP contribution in [0.2, 0.25) is 5.15 Å². The minimum Gasteiger partial charge on any atom is -0.462 e. The zero-order valence-electron chi connectivity index (χ0n) is 15.9. The van der Waals surface area contributed by atoms with E-state index in [4.69, 9.17) is 26.6 Å². The molecular weight excluding hydrogens is 413 g/mol. The third kappa shape index (κ3) is 5.06. The summed E-state index contributed by atoms with van der Waals surface area (Å²) >= 11 is 6.06. The fourth-order valence-corrected chi connectivity index (χ4v) is 2.61. The van der Waals surface area contributed by atoms with Crippen molar-refractivity contribution < 1.29 is 18.4 Å². The smallest absolute Gasteiger partial charge is 0.342 e. The molecule has 0 bridgehead atoms. The Kier molecular flexibility index (Phi) is 6.87. The van der Waals surface area contributed by atoms with Crippen molar-refractivity contribution in [2.75, 3.05) is 6.61 Å². The third-order valence-electron chi connectivity index (χ3n) is 3.87. The number of aromatic nitrogens is 3. The van der Waals surface area contributed by atoms with Gasteiger partial charge >= 0.3 is 5.97 Å². The van der Waals surface area contributed by atoms with E-state index in [0.717, 1.165) is 0 Å². The quantitative estimate of drug-likeness (QED) is 0.347. The Labute approximate surface area is 176 Å². The summed E-state index contributed by atoms with van der Waals surface area (Å²) in [6, 6.07) is 7.88. The van der Waals surface area contributed by atoms with Gasteiger partial charge in [-0.25, -0.2) is 19.2 Å². The molecule has 3 rings (SSSR count). The van der Waals surface area contributed by atoms with E-state index in [0.29, 0.717) is 17.0 Å². The van der Waals surface area contributed by atoms with Crippen LogP contribution in [0.4, 0.5) is 4.39 Å². The van der Waals surface area contributed by atoms with Crippen molar-refractivity contribution in [3.05, 3.63) is 82.5 Å². The lowest BCUT2D eigenvalue weighted by atomic mass is 10.2. The molecule has 0 amide bonds. The fourth-order valence-electron chi connectivity index (χ4n) is 2.40. The highest BCUT2D eigenvalue weighted by Crippen LogP contribution is 2.16. The number of esters is 1. The summed E-state index contributed by atoms with van der Waals surface area (Å²) in [5.74, 6) is -0.927. The molecule has 0 aliphatic carbocycles. The molecule has 0 saturated heterocycles.